The van der Waals surface area contributed by atoms with Crippen molar-refractivity contribution in [2.24, 2.45) is 0 Å². The molecule has 0 fully saturated rings. The molecule has 0 aliphatic carbocycles. The van der Waals surface area contributed by atoms with Crippen LogP contribution in [0.1, 0.15) is 18.9 Å². The zero-order valence-electron chi connectivity index (χ0n) is 13.4. The van der Waals surface area contributed by atoms with Crippen LogP contribution < -0.4 is 4.74 Å². The first-order chi connectivity index (χ1) is 11.4. The maximum Gasteiger partial charge on any atom is 0.256 e. The van der Waals surface area contributed by atoms with Gasteiger partial charge in [0, 0.05) is 32.7 Å². The van der Waals surface area contributed by atoms with Crippen LogP contribution in [0, 0.1) is 17.9 Å². The molecule has 0 spiro atoms. The molecule has 25 heavy (non-hydrogen) atoms. The van der Waals surface area contributed by atoms with Crippen molar-refractivity contribution in [2.45, 2.75) is 24.6 Å². The number of hydrogen-bond donors (Lipinski definition) is 0. The van der Waals surface area contributed by atoms with Crippen molar-refractivity contribution >= 4 is 43.5 Å². The van der Waals surface area contributed by atoms with Crippen LogP contribution >= 0.6 is 31.9 Å². The van der Waals surface area contributed by atoms with Gasteiger partial charge in [0.15, 0.2) is 0 Å². The number of hydrogen-bond acceptors (Lipinski definition) is 2. The second-order valence-corrected chi connectivity index (χ2v) is 6.85. The van der Waals surface area contributed by atoms with E-state index in [2.05, 4.69) is 49.8 Å². The molecule has 1 aliphatic rings. The molecule has 1 unspecified atom stereocenters. The summed E-state index contributed by atoms with van der Waals surface area (Å²) >= 11 is 6.60. The maximum atomic E-state index is 12.9. The standard InChI is InChI=1S/C17H14Br2F2NO2.Y/c1-2-3-8-24-11-4-5-12(14(19)9-11)15-7-6-13(18)17(23)22(15)10-16(20)21;/h4-5,9,13,16H,6,8,10H2,1H3;/q-1;. The summed E-state index contributed by atoms with van der Waals surface area (Å²) in [6, 6.07) is 5.13. The molecule has 8 heteroatoms. The molecule has 1 aromatic carbocycles. The predicted octanol–water partition coefficient (Wildman–Crippen LogP) is 4.25. The number of halogens is 4. The number of amides is 1. The Bertz CT molecular complexity index is 716. The van der Waals surface area contributed by atoms with Gasteiger partial charge in [-0.2, -0.15) is 0 Å². The van der Waals surface area contributed by atoms with Gasteiger partial charge in [-0.1, -0.05) is 48.7 Å². The molecule has 1 heterocycles. The van der Waals surface area contributed by atoms with Crippen molar-refractivity contribution in [3.05, 3.63) is 34.3 Å². The molecular formula is C17H14Br2F2NO2Y-. The smallest absolute Gasteiger partial charge is 0.256 e. The van der Waals surface area contributed by atoms with Crippen LogP contribution in [0.2, 0.25) is 0 Å². The van der Waals surface area contributed by atoms with Crippen molar-refractivity contribution in [3.63, 3.8) is 0 Å². The Labute approximate surface area is 187 Å². The van der Waals surface area contributed by atoms with E-state index in [9.17, 15) is 13.6 Å². The second-order valence-electron chi connectivity index (χ2n) is 4.89. The summed E-state index contributed by atoms with van der Waals surface area (Å²) in [6.07, 6.45) is 0.729. The number of carbonyl (C=O) groups excluding carboxylic acids is 1. The largest absolute Gasteiger partial charge is 0.481 e. The molecule has 0 N–H and O–H groups in total. The summed E-state index contributed by atoms with van der Waals surface area (Å²) in [4.78, 5) is 12.8. The van der Waals surface area contributed by atoms with Crippen LogP contribution in [-0.4, -0.2) is 35.2 Å². The first kappa shape index (κ1) is 22.8. The number of rotatable bonds is 5. The van der Waals surface area contributed by atoms with Crippen LogP contribution in [0.15, 0.2) is 22.7 Å². The van der Waals surface area contributed by atoms with Gasteiger partial charge in [-0.15, -0.1) is 23.2 Å². The molecule has 1 aliphatic heterocycles. The number of allylic oxidation sites excluding steroid dienone is 1. The van der Waals surface area contributed by atoms with E-state index in [1.807, 2.05) is 0 Å². The van der Waals surface area contributed by atoms with Crippen molar-refractivity contribution in [3.8, 4) is 17.6 Å². The fourth-order valence-corrected chi connectivity index (χ4v) is 3.13. The third kappa shape index (κ3) is 6.13. The molecule has 1 aromatic rings. The van der Waals surface area contributed by atoms with E-state index < -0.39 is 23.7 Å². The van der Waals surface area contributed by atoms with Crippen molar-refractivity contribution in [1.82, 2.24) is 4.90 Å². The van der Waals surface area contributed by atoms with E-state index in [0.717, 1.165) is 4.90 Å². The Morgan fingerprint density at radius 3 is 2.80 bits per heavy atom. The Morgan fingerprint density at radius 1 is 1.48 bits per heavy atom. The Balaban J connectivity index is 0.00000312. The molecule has 1 atom stereocenters. The average Bonchev–Trinajstić information content (AvgIpc) is 2.53. The van der Waals surface area contributed by atoms with E-state index in [-0.39, 0.29) is 39.3 Å². The maximum absolute atomic E-state index is 12.9. The van der Waals surface area contributed by atoms with Gasteiger partial charge in [-0.3, -0.25) is 4.79 Å². The van der Waals surface area contributed by atoms with E-state index >= 15 is 0 Å². The molecule has 0 bridgehead atoms. The molecule has 3 nitrogen and oxygen atoms in total. The fraction of sp³-hybridized carbons (Fsp3) is 0.353. The van der Waals surface area contributed by atoms with E-state index in [1.165, 1.54) is 0 Å². The van der Waals surface area contributed by atoms with Gasteiger partial charge >= 0.3 is 0 Å². The molecule has 0 saturated carbocycles. The van der Waals surface area contributed by atoms with Crippen LogP contribution in [0.25, 0.3) is 5.70 Å². The Kier molecular flexibility index (Phi) is 9.80. The summed E-state index contributed by atoms with van der Waals surface area (Å²) in [5, 5.41) is 0. The van der Waals surface area contributed by atoms with E-state index in [1.54, 1.807) is 25.1 Å². The quantitative estimate of drug-likeness (QED) is 0.312. The zero-order valence-corrected chi connectivity index (χ0v) is 19.4. The summed E-state index contributed by atoms with van der Waals surface area (Å²) in [7, 11) is 0. The topological polar surface area (TPSA) is 29.5 Å². The van der Waals surface area contributed by atoms with Gasteiger partial charge in [0.05, 0.1) is 11.4 Å². The average molecular weight is 551 g/mol. The van der Waals surface area contributed by atoms with E-state index in [0.29, 0.717) is 27.9 Å². The van der Waals surface area contributed by atoms with Crippen LogP contribution in [0.4, 0.5) is 8.78 Å². The van der Waals surface area contributed by atoms with Crippen molar-refractivity contribution in [2.75, 3.05) is 13.2 Å². The summed E-state index contributed by atoms with van der Waals surface area (Å²) in [5.41, 5.74) is 0.958. The van der Waals surface area contributed by atoms with Crippen LogP contribution in [0.5, 0.6) is 5.75 Å². The molecule has 0 aromatic heterocycles. The SMILES string of the molecule is CC#CCOc1ccc(C2=[C-]CC(Br)C(=O)N2CC(F)F)c(Br)c1.[Y]. The minimum Gasteiger partial charge on any atom is -0.481 e. The summed E-state index contributed by atoms with van der Waals surface area (Å²) in [6.45, 7) is 1.32. The molecular weight excluding hydrogens is 537 g/mol. The third-order valence-corrected chi connectivity index (χ3v) is 4.63. The molecule has 1 amide bonds. The van der Waals surface area contributed by atoms with Gasteiger partial charge in [-0.25, -0.2) is 14.9 Å². The van der Waals surface area contributed by atoms with Gasteiger partial charge in [0.2, 0.25) is 5.91 Å². The minimum absolute atomic E-state index is 0. The van der Waals surface area contributed by atoms with E-state index in [4.69, 9.17) is 4.74 Å². The predicted molar refractivity (Wildman–Crippen MR) is 94.8 cm³/mol. The van der Waals surface area contributed by atoms with Gasteiger partial charge in [-0.05, 0) is 19.1 Å². The second kappa shape index (κ2) is 10.8. The Hall–Kier alpha value is -0.286. The number of nitrogens with zero attached hydrogens (tertiary/aromatic N) is 1. The zero-order chi connectivity index (χ0) is 17.7. The van der Waals surface area contributed by atoms with Gasteiger partial charge in [0.1, 0.15) is 12.4 Å². The van der Waals surface area contributed by atoms with Crippen molar-refractivity contribution < 1.29 is 51.0 Å². The summed E-state index contributed by atoms with van der Waals surface area (Å²) in [5.74, 6) is 5.71. The normalized spacial score (nSPS) is 16.7. The monoisotopic (exact) mass is 549 g/mol. The molecule has 1 radical (unpaired) electrons. The van der Waals surface area contributed by atoms with Crippen molar-refractivity contribution in [1.29, 1.82) is 0 Å². The molecule has 131 valence electrons. The molecule has 2 rings (SSSR count). The Morgan fingerprint density at radius 2 is 2.20 bits per heavy atom. The van der Waals surface area contributed by atoms with Gasteiger partial charge in [0.25, 0.3) is 6.43 Å². The first-order valence-corrected chi connectivity index (χ1v) is 8.81. The minimum atomic E-state index is -2.63. The third-order valence-electron chi connectivity index (χ3n) is 3.26. The number of ether oxygens (including phenoxy) is 1. The number of benzene rings is 1. The fourth-order valence-electron chi connectivity index (χ4n) is 2.18. The van der Waals surface area contributed by atoms with Crippen LogP contribution in [-0.2, 0) is 37.5 Å². The number of carbonyl (C=O) groups is 1. The summed E-state index contributed by atoms with van der Waals surface area (Å²) < 4.78 is 31.8. The first-order valence-electron chi connectivity index (χ1n) is 7.10. The number of alkyl halides is 3. The van der Waals surface area contributed by atoms with Crippen LogP contribution in [0.3, 0.4) is 0 Å². The van der Waals surface area contributed by atoms with Gasteiger partial charge < -0.3 is 9.64 Å². The molecule has 0 saturated heterocycles.